The molecule has 0 bridgehead atoms. The van der Waals surface area contributed by atoms with E-state index in [0.29, 0.717) is 0 Å². The Morgan fingerprint density at radius 2 is 2.31 bits per heavy atom. The Balaban J connectivity index is 1.73. The molecule has 0 saturated carbocycles. The number of hydrogen-bond acceptors (Lipinski definition) is 2. The molecule has 2 rings (SSSR count). The lowest BCUT2D eigenvalue weighted by Crippen LogP contribution is -2.38. The lowest BCUT2D eigenvalue weighted by atomic mass is 9.98. The van der Waals surface area contributed by atoms with Gasteiger partial charge < -0.3 is 10.2 Å². The second-order valence-electron chi connectivity index (χ2n) is 4.87. The van der Waals surface area contributed by atoms with Crippen molar-refractivity contribution in [1.29, 1.82) is 0 Å². The van der Waals surface area contributed by atoms with E-state index in [1.54, 1.807) is 0 Å². The molecule has 0 aliphatic carbocycles. The molecule has 0 aromatic rings. The third kappa shape index (κ3) is 2.68. The Bertz CT molecular complexity index is 152. The van der Waals surface area contributed by atoms with Gasteiger partial charge in [-0.3, -0.25) is 0 Å². The third-order valence-corrected chi connectivity index (χ3v) is 3.42. The van der Waals surface area contributed by atoms with Crippen molar-refractivity contribution in [3.05, 3.63) is 0 Å². The van der Waals surface area contributed by atoms with E-state index in [0.717, 1.165) is 11.8 Å². The zero-order valence-corrected chi connectivity index (χ0v) is 8.76. The Labute approximate surface area is 81.7 Å². The van der Waals surface area contributed by atoms with E-state index in [-0.39, 0.29) is 0 Å². The highest BCUT2D eigenvalue weighted by Crippen LogP contribution is 2.18. The third-order valence-electron chi connectivity index (χ3n) is 3.42. The first-order valence-corrected chi connectivity index (χ1v) is 5.77. The quantitative estimate of drug-likeness (QED) is 0.693. The molecular formula is C11H22N2. The molecule has 2 atom stereocenters. The molecule has 1 unspecified atom stereocenters. The highest BCUT2D eigenvalue weighted by atomic mass is 15.1. The van der Waals surface area contributed by atoms with Gasteiger partial charge in [0.15, 0.2) is 0 Å². The fraction of sp³-hybridized carbons (Fsp3) is 1.00. The predicted octanol–water partition coefficient (Wildman–Crippen LogP) is 1.33. The molecule has 0 aromatic heterocycles. The zero-order valence-electron chi connectivity index (χ0n) is 8.76. The summed E-state index contributed by atoms with van der Waals surface area (Å²) in [6.07, 6.45) is 4.26. The maximum atomic E-state index is 3.45. The number of rotatable bonds is 2. The summed E-state index contributed by atoms with van der Waals surface area (Å²) in [4.78, 5) is 2.67. The Morgan fingerprint density at radius 1 is 1.38 bits per heavy atom. The van der Waals surface area contributed by atoms with Crippen LogP contribution in [0, 0.1) is 11.8 Å². The van der Waals surface area contributed by atoms with Crippen molar-refractivity contribution in [2.75, 3.05) is 32.7 Å². The highest BCUT2D eigenvalue weighted by molar-refractivity contribution is 4.77. The van der Waals surface area contributed by atoms with Crippen molar-refractivity contribution in [3.63, 3.8) is 0 Å². The van der Waals surface area contributed by atoms with Gasteiger partial charge in [0, 0.05) is 13.1 Å². The summed E-state index contributed by atoms with van der Waals surface area (Å²) in [5.74, 6) is 1.87. The normalized spacial score (nSPS) is 36.7. The van der Waals surface area contributed by atoms with Crippen molar-refractivity contribution in [1.82, 2.24) is 10.2 Å². The Hall–Kier alpha value is -0.0800. The molecule has 0 aromatic carbocycles. The van der Waals surface area contributed by atoms with Crippen LogP contribution >= 0.6 is 0 Å². The van der Waals surface area contributed by atoms with Crippen molar-refractivity contribution in [2.45, 2.75) is 26.2 Å². The average molecular weight is 182 g/mol. The van der Waals surface area contributed by atoms with E-state index in [1.807, 2.05) is 0 Å². The van der Waals surface area contributed by atoms with Crippen molar-refractivity contribution < 1.29 is 0 Å². The molecule has 0 amide bonds. The van der Waals surface area contributed by atoms with Crippen LogP contribution in [0.3, 0.4) is 0 Å². The first-order valence-electron chi connectivity index (χ1n) is 5.77. The van der Waals surface area contributed by atoms with Crippen LogP contribution in [-0.4, -0.2) is 37.6 Å². The number of nitrogens with zero attached hydrogens (tertiary/aromatic N) is 1. The summed E-state index contributed by atoms with van der Waals surface area (Å²) in [7, 11) is 0. The summed E-state index contributed by atoms with van der Waals surface area (Å²) in [6, 6.07) is 0. The van der Waals surface area contributed by atoms with Crippen LogP contribution < -0.4 is 5.32 Å². The maximum absolute atomic E-state index is 3.45. The first-order chi connectivity index (χ1) is 6.34. The number of nitrogens with one attached hydrogen (secondary N) is 1. The molecule has 1 N–H and O–H groups in total. The fourth-order valence-corrected chi connectivity index (χ4v) is 2.69. The van der Waals surface area contributed by atoms with Crippen LogP contribution in [-0.2, 0) is 0 Å². The minimum atomic E-state index is 0.933. The molecule has 0 radical (unpaired) electrons. The maximum Gasteiger partial charge on any atom is 0.00224 e. The minimum Gasteiger partial charge on any atom is -0.316 e. The van der Waals surface area contributed by atoms with Crippen molar-refractivity contribution >= 4 is 0 Å². The van der Waals surface area contributed by atoms with Crippen LogP contribution in [0.1, 0.15) is 26.2 Å². The van der Waals surface area contributed by atoms with Gasteiger partial charge in [0.2, 0.25) is 0 Å². The lowest BCUT2D eigenvalue weighted by molar-refractivity contribution is 0.163. The van der Waals surface area contributed by atoms with Gasteiger partial charge in [-0.1, -0.05) is 6.92 Å². The summed E-state index contributed by atoms with van der Waals surface area (Å²) in [6.45, 7) is 8.92. The van der Waals surface area contributed by atoms with Gasteiger partial charge >= 0.3 is 0 Å². The van der Waals surface area contributed by atoms with Crippen LogP contribution in [0.2, 0.25) is 0 Å². The Kier molecular flexibility index (Phi) is 3.23. The molecule has 2 heteroatoms. The van der Waals surface area contributed by atoms with Gasteiger partial charge in [0.05, 0.1) is 0 Å². The SMILES string of the molecule is C[C@H]1CCCN(CC2CCNC2)C1. The lowest BCUT2D eigenvalue weighted by Gasteiger charge is -2.32. The van der Waals surface area contributed by atoms with Crippen LogP contribution in [0.5, 0.6) is 0 Å². The predicted molar refractivity (Wildman–Crippen MR) is 55.8 cm³/mol. The number of piperidine rings is 1. The summed E-state index contributed by atoms with van der Waals surface area (Å²) < 4.78 is 0. The monoisotopic (exact) mass is 182 g/mol. The second-order valence-corrected chi connectivity index (χ2v) is 4.87. The molecule has 2 heterocycles. The second kappa shape index (κ2) is 4.43. The van der Waals surface area contributed by atoms with Crippen LogP contribution in [0.15, 0.2) is 0 Å². The topological polar surface area (TPSA) is 15.3 Å². The molecule has 0 spiro atoms. The van der Waals surface area contributed by atoms with E-state index in [1.165, 1.54) is 52.0 Å². The molecular weight excluding hydrogens is 160 g/mol. The molecule has 76 valence electrons. The van der Waals surface area contributed by atoms with Gasteiger partial charge in [0.1, 0.15) is 0 Å². The fourth-order valence-electron chi connectivity index (χ4n) is 2.69. The molecule has 2 fully saturated rings. The van der Waals surface area contributed by atoms with Gasteiger partial charge in [-0.05, 0) is 50.7 Å². The van der Waals surface area contributed by atoms with Crippen LogP contribution in [0.4, 0.5) is 0 Å². The van der Waals surface area contributed by atoms with Gasteiger partial charge in [0.25, 0.3) is 0 Å². The Morgan fingerprint density at radius 3 is 3.00 bits per heavy atom. The summed E-state index contributed by atoms with van der Waals surface area (Å²) in [5.41, 5.74) is 0. The molecule has 2 nitrogen and oxygen atoms in total. The van der Waals surface area contributed by atoms with Gasteiger partial charge in [-0.25, -0.2) is 0 Å². The minimum absolute atomic E-state index is 0.933. The smallest absolute Gasteiger partial charge is 0.00224 e. The van der Waals surface area contributed by atoms with Gasteiger partial charge in [-0.2, -0.15) is 0 Å². The van der Waals surface area contributed by atoms with Crippen molar-refractivity contribution in [2.24, 2.45) is 11.8 Å². The van der Waals surface area contributed by atoms with E-state index in [2.05, 4.69) is 17.1 Å². The number of likely N-dealkylation sites (tertiary alicyclic amines) is 1. The molecule has 2 aliphatic heterocycles. The average Bonchev–Trinajstić information content (AvgIpc) is 2.57. The molecule has 13 heavy (non-hydrogen) atoms. The molecule has 2 saturated heterocycles. The highest BCUT2D eigenvalue weighted by Gasteiger charge is 2.21. The van der Waals surface area contributed by atoms with E-state index < -0.39 is 0 Å². The van der Waals surface area contributed by atoms with E-state index >= 15 is 0 Å². The van der Waals surface area contributed by atoms with E-state index in [4.69, 9.17) is 0 Å². The van der Waals surface area contributed by atoms with E-state index in [9.17, 15) is 0 Å². The van der Waals surface area contributed by atoms with Gasteiger partial charge in [-0.15, -0.1) is 0 Å². The standard InChI is InChI=1S/C11H22N2/c1-10-3-2-6-13(8-10)9-11-4-5-12-7-11/h10-12H,2-9H2,1H3/t10-,11?/m0/s1. The molecule has 2 aliphatic rings. The zero-order chi connectivity index (χ0) is 9.10. The van der Waals surface area contributed by atoms with Crippen LogP contribution in [0.25, 0.3) is 0 Å². The first kappa shape index (κ1) is 9.47. The summed E-state index contributed by atoms with van der Waals surface area (Å²) in [5, 5.41) is 3.45. The largest absolute Gasteiger partial charge is 0.316 e. The number of hydrogen-bond donors (Lipinski definition) is 1. The summed E-state index contributed by atoms with van der Waals surface area (Å²) >= 11 is 0. The van der Waals surface area contributed by atoms with Crippen molar-refractivity contribution in [3.8, 4) is 0 Å².